The topological polar surface area (TPSA) is 88.2 Å². The van der Waals surface area contributed by atoms with Gasteiger partial charge < -0.3 is 19.7 Å². The van der Waals surface area contributed by atoms with Gasteiger partial charge in [0.15, 0.2) is 0 Å². The summed E-state index contributed by atoms with van der Waals surface area (Å²) >= 11 is 0. The van der Waals surface area contributed by atoms with Gasteiger partial charge in [0, 0.05) is 19.3 Å². The predicted octanol–water partition coefficient (Wildman–Crippen LogP) is 3.43. The van der Waals surface area contributed by atoms with E-state index in [9.17, 15) is 18.8 Å². The average Bonchev–Trinajstić information content (AvgIpc) is 3.01. The lowest BCUT2D eigenvalue weighted by atomic mass is 10.1. The normalized spacial score (nSPS) is 15.9. The van der Waals surface area contributed by atoms with Gasteiger partial charge in [0.1, 0.15) is 17.6 Å². The Kier molecular flexibility index (Phi) is 7.77. The van der Waals surface area contributed by atoms with Gasteiger partial charge in [-0.25, -0.2) is 14.1 Å². The molecule has 1 saturated heterocycles. The fourth-order valence-corrected chi connectivity index (χ4v) is 3.35. The molecule has 2 aromatic rings. The number of benzene rings is 2. The number of hydrogen-bond donors (Lipinski definition) is 1. The first-order valence-corrected chi connectivity index (χ1v) is 10.4. The summed E-state index contributed by atoms with van der Waals surface area (Å²) in [7, 11) is 1.48. The number of methoxy groups -OCH3 is 1. The molecule has 8 nitrogen and oxygen atoms in total. The molecule has 0 radical (unpaired) electrons. The highest BCUT2D eigenvalue weighted by Crippen LogP contribution is 2.27. The van der Waals surface area contributed by atoms with Gasteiger partial charge in [0.2, 0.25) is 5.91 Å². The third kappa shape index (κ3) is 5.42. The molecule has 1 aliphatic rings. The number of amides is 4. The largest absolute Gasteiger partial charge is 0.494 e. The van der Waals surface area contributed by atoms with Crippen LogP contribution in [0.2, 0.25) is 0 Å². The fraction of sp³-hybridized carbons (Fsp3) is 0.348. The molecular formula is C23H26FN3O5. The maximum atomic E-state index is 13.3. The Labute approximate surface area is 185 Å². The molecule has 9 heteroatoms. The molecule has 1 fully saturated rings. The van der Waals surface area contributed by atoms with Crippen LogP contribution in [0.1, 0.15) is 19.8 Å². The van der Waals surface area contributed by atoms with Crippen LogP contribution in [0.3, 0.4) is 0 Å². The van der Waals surface area contributed by atoms with Crippen molar-refractivity contribution in [2.75, 3.05) is 37.1 Å². The standard InChI is InChI=1S/C23H26FN3O5/c1-3-13-32-19-10-6-17(7-11-19)25-21(28)15-20-22(29)27(18-8-4-16(24)5-9-18)23(30)26(20)12-14-31-2/h4-11,20H,3,12-15H2,1-2H3,(H,25,28)/t20-/m0/s1. The Morgan fingerprint density at radius 2 is 1.75 bits per heavy atom. The first-order chi connectivity index (χ1) is 15.4. The molecule has 0 aromatic heterocycles. The van der Waals surface area contributed by atoms with Crippen LogP contribution in [0.4, 0.5) is 20.6 Å². The lowest BCUT2D eigenvalue weighted by molar-refractivity contribution is -0.124. The second kappa shape index (κ2) is 10.7. The lowest BCUT2D eigenvalue weighted by Gasteiger charge is -2.21. The Bertz CT molecular complexity index is 949. The van der Waals surface area contributed by atoms with Crippen molar-refractivity contribution in [2.24, 2.45) is 0 Å². The maximum Gasteiger partial charge on any atom is 0.332 e. The number of ether oxygens (including phenoxy) is 2. The number of carbonyl (C=O) groups excluding carboxylic acids is 3. The second-order valence-corrected chi connectivity index (χ2v) is 7.26. The quantitative estimate of drug-likeness (QED) is 0.569. The van der Waals surface area contributed by atoms with Crippen LogP contribution in [0.25, 0.3) is 0 Å². The van der Waals surface area contributed by atoms with Gasteiger partial charge in [0.05, 0.1) is 25.3 Å². The number of rotatable bonds is 10. The zero-order valence-corrected chi connectivity index (χ0v) is 18.0. The fourth-order valence-electron chi connectivity index (χ4n) is 3.35. The Morgan fingerprint density at radius 1 is 1.06 bits per heavy atom. The predicted molar refractivity (Wildman–Crippen MR) is 117 cm³/mol. The van der Waals surface area contributed by atoms with Crippen molar-refractivity contribution >= 4 is 29.2 Å². The van der Waals surface area contributed by atoms with Gasteiger partial charge in [0.25, 0.3) is 5.91 Å². The van der Waals surface area contributed by atoms with E-state index in [1.165, 1.54) is 36.3 Å². The van der Waals surface area contributed by atoms with E-state index in [0.29, 0.717) is 18.0 Å². The van der Waals surface area contributed by atoms with Crippen LogP contribution in [0.15, 0.2) is 48.5 Å². The van der Waals surface area contributed by atoms with E-state index in [1.54, 1.807) is 24.3 Å². The minimum atomic E-state index is -0.991. The highest BCUT2D eigenvalue weighted by molar-refractivity contribution is 6.22. The highest BCUT2D eigenvalue weighted by Gasteiger charge is 2.46. The first kappa shape index (κ1) is 23.2. The van der Waals surface area contributed by atoms with Crippen molar-refractivity contribution in [1.29, 1.82) is 0 Å². The molecule has 1 N–H and O–H groups in total. The number of anilines is 2. The summed E-state index contributed by atoms with van der Waals surface area (Å²) in [5, 5.41) is 2.74. The Balaban J connectivity index is 1.72. The summed E-state index contributed by atoms with van der Waals surface area (Å²) in [6, 6.07) is 10.4. The van der Waals surface area contributed by atoms with Crippen LogP contribution in [-0.4, -0.2) is 55.7 Å². The molecule has 4 amide bonds. The summed E-state index contributed by atoms with van der Waals surface area (Å²) < 4.78 is 23.8. The van der Waals surface area contributed by atoms with Crippen LogP contribution >= 0.6 is 0 Å². The Hall–Kier alpha value is -3.46. The molecule has 3 rings (SSSR count). The summed E-state index contributed by atoms with van der Waals surface area (Å²) in [5.41, 5.74) is 0.795. The zero-order valence-electron chi connectivity index (χ0n) is 18.0. The van der Waals surface area contributed by atoms with Gasteiger partial charge in [-0.05, 0) is 55.0 Å². The smallest absolute Gasteiger partial charge is 0.332 e. The van der Waals surface area contributed by atoms with Crippen molar-refractivity contribution in [1.82, 2.24) is 4.90 Å². The molecule has 0 spiro atoms. The van der Waals surface area contributed by atoms with E-state index in [0.717, 1.165) is 11.3 Å². The molecule has 0 unspecified atom stereocenters. The summed E-state index contributed by atoms with van der Waals surface area (Å²) in [6.45, 7) is 2.95. The third-order valence-electron chi connectivity index (χ3n) is 4.93. The molecule has 170 valence electrons. The number of hydrogen-bond acceptors (Lipinski definition) is 5. The van der Waals surface area contributed by atoms with Crippen molar-refractivity contribution < 1.29 is 28.2 Å². The molecule has 1 atom stereocenters. The monoisotopic (exact) mass is 443 g/mol. The Morgan fingerprint density at radius 3 is 2.38 bits per heavy atom. The molecule has 1 heterocycles. The van der Waals surface area contributed by atoms with Crippen molar-refractivity contribution in [3.8, 4) is 5.75 Å². The average molecular weight is 443 g/mol. The molecule has 0 saturated carbocycles. The van der Waals surface area contributed by atoms with Crippen molar-refractivity contribution in [3.05, 3.63) is 54.3 Å². The van der Waals surface area contributed by atoms with Crippen LogP contribution < -0.4 is 15.0 Å². The van der Waals surface area contributed by atoms with Crippen LogP contribution in [0, 0.1) is 5.82 Å². The molecular weight excluding hydrogens is 417 g/mol. The van der Waals surface area contributed by atoms with E-state index in [2.05, 4.69) is 5.32 Å². The zero-order chi connectivity index (χ0) is 23.1. The minimum Gasteiger partial charge on any atom is -0.494 e. The lowest BCUT2D eigenvalue weighted by Crippen LogP contribution is -2.39. The maximum absolute atomic E-state index is 13.3. The van der Waals surface area contributed by atoms with Crippen LogP contribution in [0.5, 0.6) is 5.75 Å². The second-order valence-electron chi connectivity index (χ2n) is 7.26. The number of halogens is 1. The van der Waals surface area contributed by atoms with Crippen molar-refractivity contribution in [3.63, 3.8) is 0 Å². The van der Waals surface area contributed by atoms with Gasteiger partial charge in [-0.1, -0.05) is 6.92 Å². The van der Waals surface area contributed by atoms with Crippen molar-refractivity contribution in [2.45, 2.75) is 25.8 Å². The van der Waals surface area contributed by atoms with Gasteiger partial charge in [-0.3, -0.25) is 9.59 Å². The number of carbonyl (C=O) groups is 3. The molecule has 0 bridgehead atoms. The minimum absolute atomic E-state index is 0.139. The number of imide groups is 1. The van der Waals surface area contributed by atoms with E-state index in [1.807, 2.05) is 6.92 Å². The van der Waals surface area contributed by atoms with Gasteiger partial charge in [-0.15, -0.1) is 0 Å². The van der Waals surface area contributed by atoms with Gasteiger partial charge in [-0.2, -0.15) is 0 Å². The SMILES string of the molecule is CCCOc1ccc(NC(=O)C[C@H]2C(=O)N(c3ccc(F)cc3)C(=O)N2CCOC)cc1. The van der Waals surface area contributed by atoms with E-state index >= 15 is 0 Å². The van der Waals surface area contributed by atoms with E-state index < -0.39 is 29.7 Å². The highest BCUT2D eigenvalue weighted by atomic mass is 19.1. The third-order valence-corrected chi connectivity index (χ3v) is 4.93. The first-order valence-electron chi connectivity index (χ1n) is 10.4. The summed E-state index contributed by atoms with van der Waals surface area (Å²) in [5.74, 6) is -0.744. The summed E-state index contributed by atoms with van der Waals surface area (Å²) in [4.78, 5) is 40.9. The molecule has 2 aromatic carbocycles. The molecule has 0 aliphatic carbocycles. The van der Waals surface area contributed by atoms with Crippen LogP contribution in [-0.2, 0) is 14.3 Å². The molecule has 32 heavy (non-hydrogen) atoms. The number of nitrogens with one attached hydrogen (secondary N) is 1. The number of urea groups is 1. The van der Waals surface area contributed by atoms with Gasteiger partial charge >= 0.3 is 6.03 Å². The number of nitrogens with zero attached hydrogens (tertiary/aromatic N) is 2. The van der Waals surface area contributed by atoms with E-state index in [-0.39, 0.29) is 25.3 Å². The van der Waals surface area contributed by atoms with E-state index in [4.69, 9.17) is 9.47 Å². The molecule has 1 aliphatic heterocycles. The summed E-state index contributed by atoms with van der Waals surface area (Å²) in [6.07, 6.45) is 0.668.